The summed E-state index contributed by atoms with van der Waals surface area (Å²) in [6, 6.07) is 6.90. The van der Waals surface area contributed by atoms with E-state index < -0.39 is 9.84 Å². The lowest BCUT2D eigenvalue weighted by Crippen LogP contribution is -2.29. The first kappa shape index (κ1) is 14.6. The Bertz CT molecular complexity index is 773. The summed E-state index contributed by atoms with van der Waals surface area (Å²) < 4.78 is 24.3. The van der Waals surface area contributed by atoms with E-state index >= 15 is 0 Å². The van der Waals surface area contributed by atoms with E-state index in [4.69, 9.17) is 0 Å². The third-order valence-electron chi connectivity index (χ3n) is 3.60. The van der Waals surface area contributed by atoms with Gasteiger partial charge >= 0.3 is 0 Å². The Hall–Kier alpha value is -2.29. The molecule has 116 valence electrons. The monoisotopic (exact) mass is 321 g/mol. The molecular formula is C13H15N5O3S. The van der Waals surface area contributed by atoms with Crippen LogP contribution < -0.4 is 5.32 Å². The highest BCUT2D eigenvalue weighted by molar-refractivity contribution is 7.91. The van der Waals surface area contributed by atoms with Crippen molar-refractivity contribution in [3.8, 4) is 5.69 Å². The second-order valence-electron chi connectivity index (χ2n) is 5.28. The minimum Gasteiger partial charge on any atom is -0.352 e. The Morgan fingerprint density at radius 3 is 2.95 bits per heavy atom. The zero-order valence-electron chi connectivity index (χ0n) is 11.7. The molecule has 1 aliphatic heterocycles. The molecule has 9 heteroatoms. The summed E-state index contributed by atoms with van der Waals surface area (Å²) in [6.07, 6.45) is 2.05. The van der Waals surface area contributed by atoms with Crippen LogP contribution in [0.3, 0.4) is 0 Å². The van der Waals surface area contributed by atoms with Gasteiger partial charge in [0.15, 0.2) is 9.84 Å². The van der Waals surface area contributed by atoms with Gasteiger partial charge in [0.05, 0.1) is 17.2 Å². The van der Waals surface area contributed by atoms with Gasteiger partial charge in [-0.25, -0.2) is 13.1 Å². The van der Waals surface area contributed by atoms with E-state index in [9.17, 15) is 13.2 Å². The van der Waals surface area contributed by atoms with Crippen molar-refractivity contribution < 1.29 is 13.2 Å². The summed E-state index contributed by atoms with van der Waals surface area (Å²) in [6.45, 7) is 0.368. The van der Waals surface area contributed by atoms with Crippen molar-refractivity contribution in [3.05, 3.63) is 36.2 Å². The van der Waals surface area contributed by atoms with E-state index in [0.717, 1.165) is 0 Å². The molecule has 0 spiro atoms. The van der Waals surface area contributed by atoms with Crippen molar-refractivity contribution in [1.29, 1.82) is 0 Å². The maximum absolute atomic E-state index is 12.2. The van der Waals surface area contributed by atoms with Gasteiger partial charge in [-0.1, -0.05) is 6.07 Å². The first-order valence-electron chi connectivity index (χ1n) is 6.85. The number of tetrazole rings is 1. The molecule has 1 unspecified atom stereocenters. The third kappa shape index (κ3) is 3.30. The maximum atomic E-state index is 12.2. The standard InChI is InChI=1S/C13H15N5O3S/c19-13(14-7-10-4-5-22(20,21)8-10)11-2-1-3-12(6-11)18-9-15-16-17-18/h1-3,6,9-10H,4-5,7-8H2,(H,14,19). The van der Waals surface area contributed by atoms with Crippen LogP contribution in [0.15, 0.2) is 30.6 Å². The number of benzene rings is 1. The highest BCUT2D eigenvalue weighted by Crippen LogP contribution is 2.17. The number of nitrogens with one attached hydrogen (secondary N) is 1. The van der Waals surface area contributed by atoms with Gasteiger partial charge in [0.25, 0.3) is 5.91 Å². The molecule has 2 heterocycles. The molecule has 22 heavy (non-hydrogen) atoms. The Balaban J connectivity index is 1.64. The second kappa shape index (κ2) is 5.84. The molecule has 1 amide bonds. The van der Waals surface area contributed by atoms with Crippen molar-refractivity contribution in [1.82, 2.24) is 25.5 Å². The predicted octanol–water partition coefficient (Wildman–Crippen LogP) is -0.173. The van der Waals surface area contributed by atoms with E-state index in [-0.39, 0.29) is 23.3 Å². The van der Waals surface area contributed by atoms with Gasteiger partial charge in [-0.05, 0) is 41.0 Å². The van der Waals surface area contributed by atoms with Gasteiger partial charge in [0.1, 0.15) is 6.33 Å². The number of carbonyl (C=O) groups excluding carboxylic acids is 1. The second-order valence-corrected chi connectivity index (χ2v) is 7.51. The minimum absolute atomic E-state index is 0.00310. The van der Waals surface area contributed by atoms with Crippen LogP contribution in [-0.4, -0.2) is 52.6 Å². The highest BCUT2D eigenvalue weighted by atomic mass is 32.2. The van der Waals surface area contributed by atoms with E-state index in [1.165, 1.54) is 11.0 Å². The highest BCUT2D eigenvalue weighted by Gasteiger charge is 2.27. The summed E-state index contributed by atoms with van der Waals surface area (Å²) >= 11 is 0. The van der Waals surface area contributed by atoms with E-state index in [2.05, 4.69) is 20.8 Å². The van der Waals surface area contributed by atoms with Crippen LogP contribution in [0.1, 0.15) is 16.8 Å². The van der Waals surface area contributed by atoms with Gasteiger partial charge in [-0.15, -0.1) is 5.10 Å². The average Bonchev–Trinajstić information content (AvgIpc) is 3.14. The SMILES string of the molecule is O=C(NCC1CCS(=O)(=O)C1)c1cccc(-n2cnnn2)c1. The van der Waals surface area contributed by atoms with Gasteiger partial charge in [-0.2, -0.15) is 0 Å². The van der Waals surface area contributed by atoms with Crippen LogP contribution in [-0.2, 0) is 9.84 Å². The number of aromatic nitrogens is 4. The molecule has 1 N–H and O–H groups in total. The molecule has 2 aromatic rings. The number of rotatable bonds is 4. The Labute approximate surface area is 127 Å². The van der Waals surface area contributed by atoms with Gasteiger partial charge in [0.2, 0.25) is 0 Å². The average molecular weight is 321 g/mol. The summed E-state index contributed by atoms with van der Waals surface area (Å²) in [5.41, 5.74) is 1.16. The smallest absolute Gasteiger partial charge is 0.251 e. The van der Waals surface area contributed by atoms with Crippen LogP contribution in [0.25, 0.3) is 5.69 Å². The van der Waals surface area contributed by atoms with Gasteiger partial charge < -0.3 is 5.32 Å². The molecule has 0 aliphatic carbocycles. The van der Waals surface area contributed by atoms with Crippen LogP contribution in [0, 0.1) is 5.92 Å². The third-order valence-corrected chi connectivity index (χ3v) is 5.44. The number of nitrogens with zero attached hydrogens (tertiary/aromatic N) is 4. The van der Waals surface area contributed by atoms with Crippen molar-refractivity contribution in [2.45, 2.75) is 6.42 Å². The number of carbonyl (C=O) groups is 1. The number of sulfone groups is 1. The first-order valence-corrected chi connectivity index (χ1v) is 8.68. The molecule has 1 aromatic carbocycles. The number of hydrogen-bond acceptors (Lipinski definition) is 6. The van der Waals surface area contributed by atoms with E-state index in [0.29, 0.717) is 24.2 Å². The molecule has 0 bridgehead atoms. The quantitative estimate of drug-likeness (QED) is 0.837. The van der Waals surface area contributed by atoms with Crippen LogP contribution in [0.2, 0.25) is 0 Å². The normalized spacial score (nSPS) is 19.9. The molecule has 1 fully saturated rings. The molecule has 1 saturated heterocycles. The molecule has 0 saturated carbocycles. The molecule has 3 rings (SSSR count). The molecule has 8 nitrogen and oxygen atoms in total. The first-order chi connectivity index (χ1) is 10.5. The summed E-state index contributed by atoms with van der Waals surface area (Å²) in [7, 11) is -2.92. The van der Waals surface area contributed by atoms with Crippen LogP contribution in [0.5, 0.6) is 0 Å². The Kier molecular flexibility index (Phi) is 3.88. The largest absolute Gasteiger partial charge is 0.352 e. The summed E-state index contributed by atoms with van der Waals surface area (Å²) in [5, 5.41) is 13.7. The number of hydrogen-bond donors (Lipinski definition) is 1. The summed E-state index contributed by atoms with van der Waals surface area (Å²) in [5.74, 6) is 0.121. The Morgan fingerprint density at radius 1 is 1.41 bits per heavy atom. The summed E-state index contributed by atoms with van der Waals surface area (Å²) in [4.78, 5) is 12.2. The molecule has 1 aliphatic rings. The lowest BCUT2D eigenvalue weighted by molar-refractivity contribution is 0.0948. The van der Waals surface area contributed by atoms with Crippen molar-refractivity contribution in [2.75, 3.05) is 18.1 Å². The zero-order chi connectivity index (χ0) is 15.6. The van der Waals surface area contributed by atoms with Crippen molar-refractivity contribution in [3.63, 3.8) is 0 Å². The molecule has 0 radical (unpaired) electrons. The van der Waals surface area contributed by atoms with Crippen molar-refractivity contribution >= 4 is 15.7 Å². The van der Waals surface area contributed by atoms with Crippen LogP contribution >= 0.6 is 0 Å². The van der Waals surface area contributed by atoms with E-state index in [1.54, 1.807) is 24.3 Å². The van der Waals surface area contributed by atoms with Gasteiger partial charge in [-0.3, -0.25) is 4.79 Å². The number of amides is 1. The van der Waals surface area contributed by atoms with Gasteiger partial charge in [0, 0.05) is 12.1 Å². The Morgan fingerprint density at radius 2 is 2.27 bits per heavy atom. The van der Waals surface area contributed by atoms with Crippen molar-refractivity contribution in [2.24, 2.45) is 5.92 Å². The van der Waals surface area contributed by atoms with Crippen LogP contribution in [0.4, 0.5) is 0 Å². The molecule has 1 atom stereocenters. The molecular weight excluding hydrogens is 306 g/mol. The minimum atomic E-state index is -2.92. The lowest BCUT2D eigenvalue weighted by Gasteiger charge is -2.10. The fraction of sp³-hybridized carbons (Fsp3) is 0.385. The lowest BCUT2D eigenvalue weighted by atomic mass is 10.1. The predicted molar refractivity (Wildman–Crippen MR) is 78.2 cm³/mol. The zero-order valence-corrected chi connectivity index (χ0v) is 12.5. The maximum Gasteiger partial charge on any atom is 0.251 e. The fourth-order valence-corrected chi connectivity index (χ4v) is 4.30. The fourth-order valence-electron chi connectivity index (χ4n) is 2.44. The van der Waals surface area contributed by atoms with E-state index in [1.807, 2.05) is 0 Å². The molecule has 1 aromatic heterocycles. The topological polar surface area (TPSA) is 107 Å².